The van der Waals surface area contributed by atoms with E-state index in [2.05, 4.69) is 25.1 Å². The number of hydrogen-bond acceptors (Lipinski definition) is 2. The van der Waals surface area contributed by atoms with Crippen LogP contribution in [0.3, 0.4) is 0 Å². The van der Waals surface area contributed by atoms with Gasteiger partial charge in [0.05, 0.1) is 5.69 Å². The van der Waals surface area contributed by atoms with E-state index in [1.165, 1.54) is 6.07 Å². The van der Waals surface area contributed by atoms with E-state index < -0.39 is 0 Å². The summed E-state index contributed by atoms with van der Waals surface area (Å²) in [6.45, 7) is 14.3. The minimum Gasteiger partial charge on any atom is -0.348 e. The molecule has 0 N–H and O–H groups in total. The molecule has 0 aliphatic rings. The second-order valence-electron chi connectivity index (χ2n) is 5.79. The van der Waals surface area contributed by atoms with Crippen molar-refractivity contribution in [1.82, 2.24) is 0 Å². The van der Waals surface area contributed by atoms with Crippen LogP contribution >= 0.6 is 0 Å². The molecule has 0 fully saturated rings. The molecular weight excluding hydrogens is 299 g/mol. The molecule has 0 saturated carbocycles. The SMILES string of the molecule is C=C(C(=C)/C(C)=C/C=NC)/C(=C\N(C)c1cc(C)ccc1F)CC. The van der Waals surface area contributed by atoms with Gasteiger partial charge in [-0.05, 0) is 66.3 Å². The zero-order chi connectivity index (χ0) is 18.3. The van der Waals surface area contributed by atoms with Gasteiger partial charge in [0.2, 0.25) is 0 Å². The Labute approximate surface area is 145 Å². The van der Waals surface area contributed by atoms with Gasteiger partial charge in [-0.15, -0.1) is 0 Å². The largest absolute Gasteiger partial charge is 0.348 e. The van der Waals surface area contributed by atoms with Crippen LogP contribution in [0, 0.1) is 12.7 Å². The van der Waals surface area contributed by atoms with Gasteiger partial charge in [0.1, 0.15) is 5.82 Å². The van der Waals surface area contributed by atoms with Crippen molar-refractivity contribution in [1.29, 1.82) is 0 Å². The van der Waals surface area contributed by atoms with Gasteiger partial charge in [0, 0.05) is 26.5 Å². The molecule has 0 amide bonds. The molecule has 0 aliphatic heterocycles. The molecule has 0 aliphatic carbocycles. The van der Waals surface area contributed by atoms with Crippen molar-refractivity contribution in [3.63, 3.8) is 0 Å². The summed E-state index contributed by atoms with van der Waals surface area (Å²) in [4.78, 5) is 5.75. The number of benzene rings is 1. The predicted molar refractivity (Wildman–Crippen MR) is 104 cm³/mol. The van der Waals surface area contributed by atoms with Crippen LogP contribution in [-0.2, 0) is 0 Å². The lowest BCUT2D eigenvalue weighted by molar-refractivity contribution is 0.627. The maximum Gasteiger partial charge on any atom is 0.146 e. The van der Waals surface area contributed by atoms with Crippen molar-refractivity contribution >= 4 is 11.9 Å². The van der Waals surface area contributed by atoms with Crippen molar-refractivity contribution in [3.8, 4) is 0 Å². The number of anilines is 1. The monoisotopic (exact) mass is 326 g/mol. The van der Waals surface area contributed by atoms with Crippen LogP contribution in [0.5, 0.6) is 0 Å². The minimum absolute atomic E-state index is 0.241. The van der Waals surface area contributed by atoms with Crippen molar-refractivity contribution in [2.24, 2.45) is 4.99 Å². The topological polar surface area (TPSA) is 15.6 Å². The van der Waals surface area contributed by atoms with Crippen molar-refractivity contribution < 1.29 is 4.39 Å². The summed E-state index contributed by atoms with van der Waals surface area (Å²) >= 11 is 0. The van der Waals surface area contributed by atoms with E-state index in [0.29, 0.717) is 5.69 Å². The lowest BCUT2D eigenvalue weighted by atomic mass is 9.94. The molecule has 0 heterocycles. The van der Waals surface area contributed by atoms with Gasteiger partial charge in [-0.25, -0.2) is 4.39 Å². The predicted octanol–water partition coefficient (Wildman–Crippen LogP) is 5.62. The fourth-order valence-corrected chi connectivity index (χ4v) is 2.30. The number of hydrogen-bond donors (Lipinski definition) is 0. The van der Waals surface area contributed by atoms with Crippen LogP contribution in [0.2, 0.25) is 0 Å². The summed E-state index contributed by atoms with van der Waals surface area (Å²) in [6, 6.07) is 5.09. The van der Waals surface area contributed by atoms with Gasteiger partial charge in [-0.3, -0.25) is 4.99 Å². The molecule has 2 nitrogen and oxygen atoms in total. The number of aryl methyl sites for hydroxylation is 1. The molecule has 0 unspecified atom stereocenters. The third-order valence-electron chi connectivity index (χ3n) is 3.91. The third kappa shape index (κ3) is 5.05. The first-order chi connectivity index (χ1) is 11.3. The zero-order valence-electron chi connectivity index (χ0n) is 15.4. The standard InChI is InChI=1S/C21H27FN2/c1-8-19(18(5)17(4)16(3)11-12-23-6)14-24(7)21-13-15(2)9-10-20(21)22/h9-14H,4-5,8H2,1-3,6-7H3/b16-11+,19-14-,23-12?. The van der Waals surface area contributed by atoms with E-state index in [1.54, 1.807) is 24.2 Å². The Kier molecular flexibility index (Phi) is 7.37. The van der Waals surface area contributed by atoms with Crippen LogP contribution < -0.4 is 4.90 Å². The van der Waals surface area contributed by atoms with E-state index >= 15 is 0 Å². The highest BCUT2D eigenvalue weighted by Crippen LogP contribution is 2.27. The summed E-state index contributed by atoms with van der Waals surface area (Å²) in [5.41, 5.74) is 5.31. The molecule has 0 saturated heterocycles. The quantitative estimate of drug-likeness (QED) is 0.469. The summed E-state index contributed by atoms with van der Waals surface area (Å²) in [6.07, 6.45) is 6.35. The Morgan fingerprint density at radius 3 is 2.54 bits per heavy atom. The van der Waals surface area contributed by atoms with Gasteiger partial charge >= 0.3 is 0 Å². The highest BCUT2D eigenvalue weighted by atomic mass is 19.1. The molecule has 0 atom stereocenters. The van der Waals surface area contributed by atoms with Gasteiger partial charge < -0.3 is 4.90 Å². The summed E-state index contributed by atoms with van der Waals surface area (Å²) in [7, 11) is 3.57. The maximum absolute atomic E-state index is 14.1. The number of halogens is 1. The second kappa shape index (κ2) is 9.02. The molecule has 0 radical (unpaired) electrons. The molecule has 24 heavy (non-hydrogen) atoms. The van der Waals surface area contributed by atoms with E-state index in [4.69, 9.17) is 0 Å². The van der Waals surface area contributed by atoms with Crippen LogP contribution in [0.1, 0.15) is 25.8 Å². The minimum atomic E-state index is -0.241. The van der Waals surface area contributed by atoms with E-state index in [9.17, 15) is 4.39 Å². The molecule has 1 rings (SSSR count). The highest BCUT2D eigenvalue weighted by molar-refractivity contribution is 5.74. The number of aliphatic imine (C=N–C) groups is 1. The molecule has 0 aromatic heterocycles. The normalized spacial score (nSPS) is 12.6. The molecule has 0 bridgehead atoms. The summed E-state index contributed by atoms with van der Waals surface area (Å²) in [5, 5.41) is 0. The third-order valence-corrected chi connectivity index (χ3v) is 3.91. The molecule has 0 spiro atoms. The second-order valence-corrected chi connectivity index (χ2v) is 5.79. The van der Waals surface area contributed by atoms with E-state index in [1.807, 2.05) is 39.2 Å². The lowest BCUT2D eigenvalue weighted by Crippen LogP contribution is -2.12. The summed E-state index contributed by atoms with van der Waals surface area (Å²) < 4.78 is 14.1. The first-order valence-corrected chi connectivity index (χ1v) is 7.99. The van der Waals surface area contributed by atoms with Gasteiger partial charge in [-0.2, -0.15) is 0 Å². The number of allylic oxidation sites excluding steroid dienone is 5. The Balaban J connectivity index is 3.11. The van der Waals surface area contributed by atoms with Crippen LogP contribution in [0.25, 0.3) is 0 Å². The van der Waals surface area contributed by atoms with Crippen LogP contribution in [-0.4, -0.2) is 20.3 Å². The fraction of sp³-hybridized carbons (Fsp3) is 0.286. The summed E-state index contributed by atoms with van der Waals surface area (Å²) in [5.74, 6) is -0.241. The molecule has 3 heteroatoms. The average molecular weight is 326 g/mol. The Hall–Kier alpha value is -2.42. The van der Waals surface area contributed by atoms with Gasteiger partial charge in [0.15, 0.2) is 0 Å². The van der Waals surface area contributed by atoms with Crippen molar-refractivity contribution in [2.75, 3.05) is 19.0 Å². The average Bonchev–Trinajstić information content (AvgIpc) is 2.57. The molecular formula is C21H27FN2. The Morgan fingerprint density at radius 1 is 1.29 bits per heavy atom. The zero-order valence-corrected chi connectivity index (χ0v) is 15.4. The molecule has 1 aromatic carbocycles. The number of nitrogens with zero attached hydrogens (tertiary/aromatic N) is 2. The van der Waals surface area contributed by atoms with E-state index in [-0.39, 0.29) is 5.82 Å². The van der Waals surface area contributed by atoms with Gasteiger partial charge in [-0.1, -0.05) is 26.1 Å². The maximum atomic E-state index is 14.1. The lowest BCUT2D eigenvalue weighted by Gasteiger charge is -2.20. The van der Waals surface area contributed by atoms with Crippen molar-refractivity contribution in [2.45, 2.75) is 27.2 Å². The van der Waals surface area contributed by atoms with Gasteiger partial charge in [0.25, 0.3) is 0 Å². The Morgan fingerprint density at radius 2 is 1.96 bits per heavy atom. The first-order valence-electron chi connectivity index (χ1n) is 7.99. The highest BCUT2D eigenvalue weighted by Gasteiger charge is 2.11. The van der Waals surface area contributed by atoms with Crippen molar-refractivity contribution in [3.05, 3.63) is 77.3 Å². The fourth-order valence-electron chi connectivity index (χ4n) is 2.30. The molecule has 1 aromatic rings. The van der Waals surface area contributed by atoms with Crippen LogP contribution in [0.4, 0.5) is 10.1 Å². The number of rotatable bonds is 7. The molecule has 128 valence electrons. The first kappa shape index (κ1) is 19.6. The Bertz CT molecular complexity index is 709. The van der Waals surface area contributed by atoms with E-state index in [0.717, 1.165) is 34.3 Å². The smallest absolute Gasteiger partial charge is 0.146 e. The van der Waals surface area contributed by atoms with Crippen LogP contribution in [0.15, 0.2) is 70.9 Å².